The van der Waals surface area contributed by atoms with Gasteiger partial charge in [-0.25, -0.2) is 0 Å². The average Bonchev–Trinajstić information content (AvgIpc) is 2.74. The minimum atomic E-state index is -4.53. The lowest BCUT2D eigenvalue weighted by atomic mass is 10.0. The minimum Gasteiger partial charge on any atom is -0.367 e. The summed E-state index contributed by atoms with van der Waals surface area (Å²) in [6, 6.07) is 7.02. The number of carbonyl (C=O) groups excluding carboxylic acids is 2. The van der Waals surface area contributed by atoms with Crippen LogP contribution in [0, 0.1) is 0 Å². The molecular weight excluding hydrogens is 466 g/mol. The summed E-state index contributed by atoms with van der Waals surface area (Å²) in [6.45, 7) is 2.86. The van der Waals surface area contributed by atoms with Crippen LogP contribution in [0.2, 0.25) is 10.0 Å². The van der Waals surface area contributed by atoms with Gasteiger partial charge in [-0.05, 0) is 49.2 Å². The number of hydrogen-bond donors (Lipinski definition) is 1. The van der Waals surface area contributed by atoms with E-state index in [1.165, 1.54) is 6.07 Å². The topological polar surface area (TPSA) is 66.6 Å². The lowest BCUT2D eigenvalue weighted by Gasteiger charge is -2.42. The number of carbonyl (C=O) groups is 2. The number of rotatable bonds is 5. The standard InChI is InChI=1S/C22H22Cl2F3N3O2/c1-13-11-29(20-5-3-16(22(25,26)27)8-15(20)12-31)6-7-30(13)21(32)19(28)9-14-2-4-17(23)10-18(14)24/h2-5,8,10,12-13,19H,6-7,9,11,28H2,1H3/t13?,19-/m1/s1. The van der Waals surface area contributed by atoms with E-state index in [4.69, 9.17) is 28.9 Å². The van der Waals surface area contributed by atoms with Gasteiger partial charge in [-0.1, -0.05) is 29.3 Å². The first kappa shape index (κ1) is 24.4. The van der Waals surface area contributed by atoms with Gasteiger partial charge in [0.05, 0.1) is 11.6 Å². The lowest BCUT2D eigenvalue weighted by Crippen LogP contribution is -2.58. The predicted octanol–water partition coefficient (Wildman–Crippen LogP) is 4.43. The fourth-order valence-corrected chi connectivity index (χ4v) is 4.33. The first-order chi connectivity index (χ1) is 15.0. The number of aldehydes is 1. The van der Waals surface area contributed by atoms with Crippen LogP contribution < -0.4 is 10.6 Å². The zero-order valence-electron chi connectivity index (χ0n) is 17.2. The molecule has 3 rings (SSSR count). The first-order valence-electron chi connectivity index (χ1n) is 9.92. The normalized spacial score (nSPS) is 17.9. The van der Waals surface area contributed by atoms with Gasteiger partial charge in [0.15, 0.2) is 6.29 Å². The van der Waals surface area contributed by atoms with E-state index in [9.17, 15) is 22.8 Å². The second-order valence-electron chi connectivity index (χ2n) is 7.76. The monoisotopic (exact) mass is 487 g/mol. The number of benzene rings is 2. The zero-order valence-corrected chi connectivity index (χ0v) is 18.7. The van der Waals surface area contributed by atoms with Crippen LogP contribution in [-0.4, -0.2) is 48.8 Å². The summed E-state index contributed by atoms with van der Waals surface area (Å²) in [4.78, 5) is 27.8. The summed E-state index contributed by atoms with van der Waals surface area (Å²) in [5, 5.41) is 0.920. The van der Waals surface area contributed by atoms with E-state index in [1.54, 1.807) is 28.0 Å². The first-order valence-corrected chi connectivity index (χ1v) is 10.7. The summed E-state index contributed by atoms with van der Waals surface area (Å²) in [6.07, 6.45) is -3.87. The Morgan fingerprint density at radius 1 is 1.22 bits per heavy atom. The van der Waals surface area contributed by atoms with Crippen LogP contribution in [0.1, 0.15) is 28.4 Å². The van der Waals surface area contributed by atoms with Crippen molar-refractivity contribution >= 4 is 41.1 Å². The van der Waals surface area contributed by atoms with Gasteiger partial charge in [0.1, 0.15) is 0 Å². The molecular formula is C22H22Cl2F3N3O2. The van der Waals surface area contributed by atoms with Gasteiger partial charge in [-0.2, -0.15) is 13.2 Å². The molecule has 1 aliphatic rings. The van der Waals surface area contributed by atoms with E-state index in [0.29, 0.717) is 47.2 Å². The summed E-state index contributed by atoms with van der Waals surface area (Å²) < 4.78 is 38.9. The molecule has 1 amide bonds. The van der Waals surface area contributed by atoms with Gasteiger partial charge < -0.3 is 15.5 Å². The molecule has 172 valence electrons. The van der Waals surface area contributed by atoms with Crippen molar-refractivity contribution in [3.8, 4) is 0 Å². The third-order valence-electron chi connectivity index (χ3n) is 5.51. The highest BCUT2D eigenvalue weighted by Gasteiger charge is 2.34. The average molecular weight is 488 g/mol. The van der Waals surface area contributed by atoms with E-state index in [-0.39, 0.29) is 23.9 Å². The predicted molar refractivity (Wildman–Crippen MR) is 118 cm³/mol. The smallest absolute Gasteiger partial charge is 0.367 e. The van der Waals surface area contributed by atoms with Gasteiger partial charge in [-0.15, -0.1) is 0 Å². The molecule has 5 nitrogen and oxygen atoms in total. The third kappa shape index (κ3) is 5.36. The Balaban J connectivity index is 1.69. The SMILES string of the molecule is CC1CN(c2ccc(C(F)(F)F)cc2C=O)CCN1C(=O)[C@H](N)Cc1ccc(Cl)cc1Cl. The van der Waals surface area contributed by atoms with E-state index in [2.05, 4.69) is 0 Å². The van der Waals surface area contributed by atoms with Crippen LogP contribution in [0.4, 0.5) is 18.9 Å². The van der Waals surface area contributed by atoms with Crippen LogP contribution in [0.15, 0.2) is 36.4 Å². The lowest BCUT2D eigenvalue weighted by molar-refractivity contribution is -0.137. The number of nitrogens with zero attached hydrogens (tertiary/aromatic N) is 2. The van der Waals surface area contributed by atoms with Crippen molar-refractivity contribution in [2.45, 2.75) is 31.6 Å². The summed E-state index contributed by atoms with van der Waals surface area (Å²) in [5.74, 6) is -0.244. The molecule has 0 aromatic heterocycles. The summed E-state index contributed by atoms with van der Waals surface area (Å²) in [5.41, 5.74) is 6.35. The van der Waals surface area contributed by atoms with Gasteiger partial charge in [-0.3, -0.25) is 9.59 Å². The maximum atomic E-state index is 13.0. The molecule has 2 aromatic rings. The van der Waals surface area contributed by atoms with Crippen LogP contribution >= 0.6 is 23.2 Å². The number of halogens is 5. The van der Waals surface area contributed by atoms with Gasteiger partial charge in [0.25, 0.3) is 0 Å². The Kier molecular flexibility index (Phi) is 7.37. The molecule has 0 radical (unpaired) electrons. The molecule has 2 N–H and O–H groups in total. The number of anilines is 1. The molecule has 2 atom stereocenters. The minimum absolute atomic E-state index is 0.0408. The van der Waals surface area contributed by atoms with Crippen molar-refractivity contribution in [2.24, 2.45) is 5.73 Å². The van der Waals surface area contributed by atoms with E-state index in [1.807, 2.05) is 6.92 Å². The molecule has 0 aliphatic carbocycles. The summed E-state index contributed by atoms with van der Waals surface area (Å²) >= 11 is 12.1. The Labute approximate surface area is 193 Å². The van der Waals surface area contributed by atoms with Gasteiger partial charge in [0, 0.05) is 47.0 Å². The highest BCUT2D eigenvalue weighted by molar-refractivity contribution is 6.35. The zero-order chi connectivity index (χ0) is 23.6. The molecule has 1 fully saturated rings. The van der Waals surface area contributed by atoms with Crippen molar-refractivity contribution in [1.29, 1.82) is 0 Å². The molecule has 2 aromatic carbocycles. The number of nitrogens with two attached hydrogens (primary N) is 1. The number of hydrogen-bond acceptors (Lipinski definition) is 4. The fourth-order valence-electron chi connectivity index (χ4n) is 3.84. The van der Waals surface area contributed by atoms with Crippen LogP contribution in [-0.2, 0) is 17.4 Å². The van der Waals surface area contributed by atoms with E-state index in [0.717, 1.165) is 12.1 Å². The Morgan fingerprint density at radius 3 is 2.53 bits per heavy atom. The molecule has 1 heterocycles. The Hall–Kier alpha value is -2.29. The maximum Gasteiger partial charge on any atom is 0.416 e. The summed E-state index contributed by atoms with van der Waals surface area (Å²) in [7, 11) is 0. The number of amides is 1. The van der Waals surface area contributed by atoms with Crippen LogP contribution in [0.25, 0.3) is 0 Å². The van der Waals surface area contributed by atoms with Crippen LogP contribution in [0.3, 0.4) is 0 Å². The van der Waals surface area contributed by atoms with Crippen molar-refractivity contribution < 1.29 is 22.8 Å². The second-order valence-corrected chi connectivity index (χ2v) is 8.61. The van der Waals surface area contributed by atoms with Gasteiger partial charge in [0.2, 0.25) is 5.91 Å². The number of piperazine rings is 1. The van der Waals surface area contributed by atoms with Crippen molar-refractivity contribution in [1.82, 2.24) is 4.90 Å². The van der Waals surface area contributed by atoms with E-state index < -0.39 is 17.8 Å². The van der Waals surface area contributed by atoms with Gasteiger partial charge >= 0.3 is 6.18 Å². The number of alkyl halides is 3. The van der Waals surface area contributed by atoms with Crippen molar-refractivity contribution in [2.75, 3.05) is 24.5 Å². The molecule has 0 bridgehead atoms. The Morgan fingerprint density at radius 2 is 1.94 bits per heavy atom. The molecule has 0 saturated carbocycles. The molecule has 1 unspecified atom stereocenters. The Bertz CT molecular complexity index is 1020. The quantitative estimate of drug-likeness (QED) is 0.633. The largest absolute Gasteiger partial charge is 0.416 e. The molecule has 1 aliphatic heterocycles. The van der Waals surface area contributed by atoms with E-state index >= 15 is 0 Å². The second kappa shape index (κ2) is 9.68. The highest BCUT2D eigenvalue weighted by Crippen LogP contribution is 2.33. The molecule has 32 heavy (non-hydrogen) atoms. The maximum absolute atomic E-state index is 13.0. The van der Waals surface area contributed by atoms with Crippen molar-refractivity contribution in [3.05, 3.63) is 63.1 Å². The third-order valence-corrected chi connectivity index (χ3v) is 6.09. The molecule has 1 saturated heterocycles. The fraction of sp³-hybridized carbons (Fsp3) is 0.364. The van der Waals surface area contributed by atoms with Crippen molar-refractivity contribution in [3.63, 3.8) is 0 Å². The molecule has 0 spiro atoms. The highest BCUT2D eigenvalue weighted by atomic mass is 35.5. The molecule has 10 heteroatoms. The van der Waals surface area contributed by atoms with Crippen LogP contribution in [0.5, 0.6) is 0 Å².